The van der Waals surface area contributed by atoms with Crippen LogP contribution in [0.2, 0.25) is 0 Å². The molecular formula is C8H4ClF3N2O. The van der Waals surface area contributed by atoms with Crippen LogP contribution in [0.1, 0.15) is 11.1 Å². The van der Waals surface area contributed by atoms with Crippen molar-refractivity contribution in [3.8, 4) is 11.8 Å². The average Bonchev–Trinajstić information content (AvgIpc) is 2.16. The van der Waals surface area contributed by atoms with Crippen LogP contribution in [0.4, 0.5) is 13.2 Å². The SMILES string of the molecule is N#Cc1cncc(CCl)c1OC(F)(F)F. The predicted molar refractivity (Wildman–Crippen MR) is 45.2 cm³/mol. The topological polar surface area (TPSA) is 45.9 Å². The normalized spacial score (nSPS) is 10.9. The predicted octanol–water partition coefficient (Wildman–Crippen LogP) is 2.59. The van der Waals surface area contributed by atoms with Gasteiger partial charge in [0.25, 0.3) is 0 Å². The summed E-state index contributed by atoms with van der Waals surface area (Å²) in [5.74, 6) is -0.802. The fourth-order valence-corrected chi connectivity index (χ4v) is 1.09. The van der Waals surface area contributed by atoms with E-state index in [1.54, 1.807) is 6.07 Å². The number of ether oxygens (including phenoxy) is 1. The van der Waals surface area contributed by atoms with Crippen molar-refractivity contribution < 1.29 is 17.9 Å². The summed E-state index contributed by atoms with van der Waals surface area (Å²) < 4.78 is 39.6. The van der Waals surface area contributed by atoms with Crippen molar-refractivity contribution in [2.24, 2.45) is 0 Å². The molecule has 0 aliphatic rings. The molecule has 80 valence electrons. The molecule has 0 fully saturated rings. The number of nitrogens with zero attached hydrogens (tertiary/aromatic N) is 2. The van der Waals surface area contributed by atoms with Gasteiger partial charge in [0, 0.05) is 18.0 Å². The maximum absolute atomic E-state index is 12.0. The van der Waals surface area contributed by atoms with E-state index in [0.29, 0.717) is 0 Å². The molecular weight excluding hydrogens is 233 g/mol. The summed E-state index contributed by atoms with van der Waals surface area (Å²) in [6.07, 6.45) is -2.75. The van der Waals surface area contributed by atoms with Crippen LogP contribution in [0.3, 0.4) is 0 Å². The molecule has 0 saturated heterocycles. The van der Waals surface area contributed by atoms with Gasteiger partial charge in [-0.05, 0) is 0 Å². The second-order valence-electron chi connectivity index (χ2n) is 2.47. The van der Waals surface area contributed by atoms with Crippen LogP contribution in [0.15, 0.2) is 12.4 Å². The maximum atomic E-state index is 12.0. The quantitative estimate of drug-likeness (QED) is 0.742. The van der Waals surface area contributed by atoms with Crippen LogP contribution in [-0.2, 0) is 5.88 Å². The van der Waals surface area contributed by atoms with E-state index in [4.69, 9.17) is 16.9 Å². The summed E-state index contributed by atoms with van der Waals surface area (Å²) in [5.41, 5.74) is -0.279. The number of hydrogen-bond donors (Lipinski definition) is 0. The van der Waals surface area contributed by atoms with E-state index in [-0.39, 0.29) is 17.0 Å². The second-order valence-corrected chi connectivity index (χ2v) is 2.74. The van der Waals surface area contributed by atoms with Gasteiger partial charge in [-0.25, -0.2) is 0 Å². The van der Waals surface area contributed by atoms with Gasteiger partial charge in [-0.3, -0.25) is 4.98 Å². The van der Waals surface area contributed by atoms with E-state index in [1.807, 2.05) is 0 Å². The van der Waals surface area contributed by atoms with Crippen molar-refractivity contribution in [1.29, 1.82) is 5.26 Å². The Bertz CT molecular complexity index is 400. The summed E-state index contributed by atoms with van der Waals surface area (Å²) in [6, 6.07) is 1.55. The van der Waals surface area contributed by atoms with E-state index >= 15 is 0 Å². The van der Waals surface area contributed by atoms with E-state index in [0.717, 1.165) is 12.4 Å². The molecule has 7 heteroatoms. The maximum Gasteiger partial charge on any atom is 0.573 e. The smallest absolute Gasteiger partial charge is 0.404 e. The molecule has 0 spiro atoms. The van der Waals surface area contributed by atoms with Crippen LogP contribution in [0.25, 0.3) is 0 Å². The zero-order valence-electron chi connectivity index (χ0n) is 7.18. The molecule has 0 bridgehead atoms. The summed E-state index contributed by atoms with van der Waals surface area (Å²) in [4.78, 5) is 3.56. The molecule has 1 aromatic rings. The minimum absolute atomic E-state index is 0.0213. The Balaban J connectivity index is 3.18. The van der Waals surface area contributed by atoms with Gasteiger partial charge >= 0.3 is 6.36 Å². The van der Waals surface area contributed by atoms with Crippen molar-refractivity contribution >= 4 is 11.6 Å². The van der Waals surface area contributed by atoms with Crippen molar-refractivity contribution in [1.82, 2.24) is 4.98 Å². The highest BCUT2D eigenvalue weighted by Gasteiger charge is 2.33. The first-order chi connectivity index (χ1) is 6.98. The van der Waals surface area contributed by atoms with Crippen LogP contribution >= 0.6 is 11.6 Å². The number of halogens is 4. The first kappa shape index (κ1) is 11.6. The van der Waals surface area contributed by atoms with Gasteiger partial charge in [0.1, 0.15) is 11.6 Å². The molecule has 0 unspecified atom stereocenters. The molecule has 0 radical (unpaired) electrons. The number of pyridine rings is 1. The zero-order chi connectivity index (χ0) is 11.5. The summed E-state index contributed by atoms with van der Waals surface area (Å²) >= 11 is 5.39. The lowest BCUT2D eigenvalue weighted by molar-refractivity contribution is -0.275. The van der Waals surface area contributed by atoms with E-state index in [9.17, 15) is 13.2 Å². The van der Waals surface area contributed by atoms with Crippen molar-refractivity contribution in [2.75, 3.05) is 0 Å². The van der Waals surface area contributed by atoms with Gasteiger partial charge in [-0.15, -0.1) is 24.8 Å². The van der Waals surface area contributed by atoms with E-state index in [2.05, 4.69) is 9.72 Å². The molecule has 0 amide bonds. The molecule has 15 heavy (non-hydrogen) atoms. The molecule has 0 N–H and O–H groups in total. The largest absolute Gasteiger partial charge is 0.573 e. The van der Waals surface area contributed by atoms with Gasteiger partial charge in [0.2, 0.25) is 0 Å². The molecule has 1 heterocycles. The van der Waals surface area contributed by atoms with E-state index in [1.165, 1.54) is 0 Å². The minimum Gasteiger partial charge on any atom is -0.404 e. The number of rotatable bonds is 2. The third-order valence-corrected chi connectivity index (χ3v) is 1.74. The van der Waals surface area contributed by atoms with Crippen molar-refractivity contribution in [3.63, 3.8) is 0 Å². The Kier molecular flexibility index (Phi) is 3.37. The lowest BCUT2D eigenvalue weighted by atomic mass is 10.2. The molecule has 3 nitrogen and oxygen atoms in total. The first-order valence-electron chi connectivity index (χ1n) is 3.66. The fraction of sp³-hybridized carbons (Fsp3) is 0.250. The molecule has 0 saturated carbocycles. The van der Waals surface area contributed by atoms with Crippen LogP contribution in [0.5, 0.6) is 5.75 Å². The first-order valence-corrected chi connectivity index (χ1v) is 4.20. The standard InChI is InChI=1S/C8H4ClF3N2O/c9-1-5-3-14-4-6(2-13)7(5)15-8(10,11)12/h3-4H,1H2. The summed E-state index contributed by atoms with van der Waals surface area (Å²) in [7, 11) is 0. The highest BCUT2D eigenvalue weighted by Crippen LogP contribution is 2.29. The summed E-state index contributed by atoms with van der Waals surface area (Å²) in [6.45, 7) is 0. The lowest BCUT2D eigenvalue weighted by Gasteiger charge is -2.12. The summed E-state index contributed by atoms with van der Waals surface area (Å²) in [5, 5.41) is 8.55. The number of hydrogen-bond acceptors (Lipinski definition) is 3. The van der Waals surface area contributed by atoms with E-state index < -0.39 is 12.1 Å². The van der Waals surface area contributed by atoms with Gasteiger partial charge in [0.15, 0.2) is 5.75 Å². The molecule has 0 aliphatic carbocycles. The van der Waals surface area contributed by atoms with Crippen LogP contribution in [0, 0.1) is 11.3 Å². The average molecular weight is 237 g/mol. The zero-order valence-corrected chi connectivity index (χ0v) is 7.93. The van der Waals surface area contributed by atoms with Crippen molar-refractivity contribution in [3.05, 3.63) is 23.5 Å². The number of aromatic nitrogens is 1. The van der Waals surface area contributed by atoms with Crippen LogP contribution in [-0.4, -0.2) is 11.3 Å². The molecule has 1 rings (SSSR count). The Morgan fingerprint density at radius 2 is 2.13 bits per heavy atom. The van der Waals surface area contributed by atoms with Crippen molar-refractivity contribution in [2.45, 2.75) is 12.2 Å². The van der Waals surface area contributed by atoms with Gasteiger partial charge in [0.05, 0.1) is 5.88 Å². The Hall–Kier alpha value is -1.48. The Morgan fingerprint density at radius 3 is 2.60 bits per heavy atom. The third kappa shape index (κ3) is 2.99. The highest BCUT2D eigenvalue weighted by atomic mass is 35.5. The molecule has 0 aliphatic heterocycles. The lowest BCUT2D eigenvalue weighted by Crippen LogP contribution is -2.19. The van der Waals surface area contributed by atoms with Gasteiger partial charge in [-0.1, -0.05) is 0 Å². The molecule has 0 aromatic carbocycles. The second kappa shape index (κ2) is 4.36. The molecule has 0 atom stereocenters. The Morgan fingerprint density at radius 1 is 1.47 bits per heavy atom. The van der Waals surface area contributed by atoms with Crippen LogP contribution < -0.4 is 4.74 Å². The molecule has 1 aromatic heterocycles. The highest BCUT2D eigenvalue weighted by molar-refractivity contribution is 6.17. The minimum atomic E-state index is -4.85. The number of alkyl halides is 4. The van der Waals surface area contributed by atoms with Gasteiger partial charge in [-0.2, -0.15) is 5.26 Å². The van der Waals surface area contributed by atoms with Gasteiger partial charge < -0.3 is 4.74 Å². The third-order valence-electron chi connectivity index (χ3n) is 1.45. The Labute approximate surface area is 88.1 Å². The number of nitriles is 1. The monoisotopic (exact) mass is 236 g/mol. The fourth-order valence-electron chi connectivity index (χ4n) is 0.903.